The van der Waals surface area contributed by atoms with E-state index in [1.54, 1.807) is 0 Å². The SMILES string of the molecule is CN(CCO)c1ccc2nc(C3CC3)[nH]c(=O)c2c1. The zero-order chi connectivity index (χ0) is 13.4. The van der Waals surface area contributed by atoms with Crippen molar-refractivity contribution in [2.75, 3.05) is 25.1 Å². The second kappa shape index (κ2) is 4.66. The summed E-state index contributed by atoms with van der Waals surface area (Å²) in [6.45, 7) is 0.626. The van der Waals surface area contributed by atoms with Gasteiger partial charge in [0, 0.05) is 25.2 Å². The van der Waals surface area contributed by atoms with Gasteiger partial charge in [-0.3, -0.25) is 4.79 Å². The van der Waals surface area contributed by atoms with Crippen molar-refractivity contribution in [2.45, 2.75) is 18.8 Å². The molecule has 100 valence electrons. The van der Waals surface area contributed by atoms with Crippen molar-refractivity contribution in [2.24, 2.45) is 0 Å². The summed E-state index contributed by atoms with van der Waals surface area (Å²) in [4.78, 5) is 21.4. The number of likely N-dealkylation sites (N-methyl/N-ethyl adjacent to an activating group) is 1. The molecule has 2 N–H and O–H groups in total. The molecule has 0 amide bonds. The number of nitrogens with zero attached hydrogens (tertiary/aromatic N) is 2. The summed E-state index contributed by atoms with van der Waals surface area (Å²) in [5.41, 5.74) is 1.57. The van der Waals surface area contributed by atoms with Crippen molar-refractivity contribution >= 4 is 16.6 Å². The van der Waals surface area contributed by atoms with E-state index in [-0.39, 0.29) is 12.2 Å². The smallest absolute Gasteiger partial charge is 0.258 e. The van der Waals surface area contributed by atoms with Gasteiger partial charge in [-0.2, -0.15) is 0 Å². The maximum Gasteiger partial charge on any atom is 0.258 e. The van der Waals surface area contributed by atoms with E-state index < -0.39 is 0 Å². The van der Waals surface area contributed by atoms with Crippen molar-refractivity contribution < 1.29 is 5.11 Å². The maximum atomic E-state index is 12.1. The number of benzene rings is 1. The minimum absolute atomic E-state index is 0.0776. The number of aliphatic hydroxyl groups is 1. The number of hydrogen-bond donors (Lipinski definition) is 2. The molecule has 5 nitrogen and oxygen atoms in total. The molecular weight excluding hydrogens is 242 g/mol. The van der Waals surface area contributed by atoms with Crippen LogP contribution in [-0.2, 0) is 0 Å². The third-order valence-electron chi connectivity index (χ3n) is 3.55. The molecule has 1 fully saturated rings. The number of hydrogen-bond acceptors (Lipinski definition) is 4. The van der Waals surface area contributed by atoms with E-state index in [1.807, 2.05) is 30.1 Å². The highest BCUT2D eigenvalue weighted by Crippen LogP contribution is 2.37. The zero-order valence-corrected chi connectivity index (χ0v) is 10.9. The molecule has 3 rings (SSSR count). The van der Waals surface area contributed by atoms with Gasteiger partial charge in [0.25, 0.3) is 5.56 Å². The fourth-order valence-corrected chi connectivity index (χ4v) is 2.21. The molecule has 0 aliphatic heterocycles. The molecule has 1 heterocycles. The topological polar surface area (TPSA) is 69.2 Å². The van der Waals surface area contributed by atoms with Crippen LogP contribution in [-0.4, -0.2) is 35.3 Å². The van der Waals surface area contributed by atoms with Gasteiger partial charge in [-0.1, -0.05) is 0 Å². The Bertz CT molecular complexity index is 661. The van der Waals surface area contributed by atoms with Crippen LogP contribution < -0.4 is 10.5 Å². The van der Waals surface area contributed by atoms with Crippen molar-refractivity contribution in [3.63, 3.8) is 0 Å². The molecule has 1 aliphatic rings. The largest absolute Gasteiger partial charge is 0.395 e. The van der Waals surface area contributed by atoms with E-state index in [9.17, 15) is 4.79 Å². The lowest BCUT2D eigenvalue weighted by atomic mass is 10.2. The molecule has 5 heteroatoms. The van der Waals surface area contributed by atoms with Crippen LogP contribution in [0.2, 0.25) is 0 Å². The lowest BCUT2D eigenvalue weighted by Crippen LogP contribution is -2.21. The van der Waals surface area contributed by atoms with Gasteiger partial charge in [-0.25, -0.2) is 4.98 Å². The first-order chi connectivity index (χ1) is 9.19. The van der Waals surface area contributed by atoms with E-state index in [0.717, 1.165) is 29.9 Å². The fraction of sp³-hybridized carbons (Fsp3) is 0.429. The first-order valence-electron chi connectivity index (χ1n) is 6.55. The molecule has 0 unspecified atom stereocenters. The first-order valence-corrected chi connectivity index (χ1v) is 6.55. The standard InChI is InChI=1S/C14H17N3O2/c1-17(6-7-18)10-4-5-12-11(8-10)14(19)16-13(15-12)9-2-3-9/h4-5,8-9,18H,2-3,6-7H2,1H3,(H,15,16,19). The number of anilines is 1. The fourth-order valence-electron chi connectivity index (χ4n) is 2.21. The summed E-state index contributed by atoms with van der Waals surface area (Å²) >= 11 is 0. The molecule has 1 aromatic heterocycles. The Morgan fingerprint density at radius 2 is 2.26 bits per heavy atom. The van der Waals surface area contributed by atoms with Gasteiger partial charge >= 0.3 is 0 Å². The van der Waals surface area contributed by atoms with E-state index in [4.69, 9.17) is 5.11 Å². The molecule has 1 aromatic carbocycles. The highest BCUT2D eigenvalue weighted by atomic mass is 16.3. The van der Waals surface area contributed by atoms with Crippen LogP contribution in [0.4, 0.5) is 5.69 Å². The van der Waals surface area contributed by atoms with Crippen LogP contribution in [0, 0.1) is 0 Å². The van der Waals surface area contributed by atoms with Crippen LogP contribution in [0.3, 0.4) is 0 Å². The lowest BCUT2D eigenvalue weighted by Gasteiger charge is -2.18. The number of nitrogens with one attached hydrogen (secondary N) is 1. The monoisotopic (exact) mass is 259 g/mol. The van der Waals surface area contributed by atoms with Crippen molar-refractivity contribution in [3.05, 3.63) is 34.4 Å². The quantitative estimate of drug-likeness (QED) is 0.866. The predicted molar refractivity (Wildman–Crippen MR) is 74.7 cm³/mol. The van der Waals surface area contributed by atoms with Crippen LogP contribution in [0.25, 0.3) is 10.9 Å². The molecular formula is C14H17N3O2. The van der Waals surface area contributed by atoms with E-state index in [1.165, 1.54) is 0 Å². The van der Waals surface area contributed by atoms with E-state index >= 15 is 0 Å². The summed E-state index contributed by atoms with van der Waals surface area (Å²) in [5, 5.41) is 9.55. The Labute approximate surface area is 110 Å². The minimum atomic E-state index is -0.0776. The molecule has 0 radical (unpaired) electrons. The van der Waals surface area contributed by atoms with Crippen molar-refractivity contribution in [1.29, 1.82) is 0 Å². The number of aromatic nitrogens is 2. The third kappa shape index (κ3) is 2.33. The van der Waals surface area contributed by atoms with Crippen molar-refractivity contribution in [1.82, 2.24) is 9.97 Å². The molecule has 1 aliphatic carbocycles. The van der Waals surface area contributed by atoms with Crippen LogP contribution in [0.1, 0.15) is 24.6 Å². The average Bonchev–Trinajstić information content (AvgIpc) is 3.23. The normalized spacial score (nSPS) is 14.8. The summed E-state index contributed by atoms with van der Waals surface area (Å²) in [5.74, 6) is 1.25. The summed E-state index contributed by atoms with van der Waals surface area (Å²) in [6, 6.07) is 5.63. The lowest BCUT2D eigenvalue weighted by molar-refractivity contribution is 0.304. The first kappa shape index (κ1) is 12.2. The molecule has 1 saturated carbocycles. The Morgan fingerprint density at radius 3 is 2.95 bits per heavy atom. The van der Waals surface area contributed by atoms with Gasteiger partial charge in [0.05, 0.1) is 17.5 Å². The Kier molecular flexibility index (Phi) is 2.98. The predicted octanol–water partition coefficient (Wildman–Crippen LogP) is 1.23. The number of H-pyrrole nitrogens is 1. The summed E-state index contributed by atoms with van der Waals surface area (Å²) < 4.78 is 0. The van der Waals surface area contributed by atoms with Gasteiger partial charge in [0.2, 0.25) is 0 Å². The van der Waals surface area contributed by atoms with Gasteiger partial charge in [-0.05, 0) is 31.0 Å². The molecule has 19 heavy (non-hydrogen) atoms. The number of rotatable bonds is 4. The summed E-state index contributed by atoms with van der Waals surface area (Å²) in [6.07, 6.45) is 2.23. The van der Waals surface area contributed by atoms with Crippen LogP contribution in [0.15, 0.2) is 23.0 Å². The van der Waals surface area contributed by atoms with Gasteiger partial charge in [-0.15, -0.1) is 0 Å². The van der Waals surface area contributed by atoms with Gasteiger partial charge in [0.1, 0.15) is 5.82 Å². The Balaban J connectivity index is 2.05. The second-order valence-electron chi connectivity index (χ2n) is 5.07. The molecule has 0 bridgehead atoms. The minimum Gasteiger partial charge on any atom is -0.395 e. The Morgan fingerprint density at radius 1 is 1.47 bits per heavy atom. The average molecular weight is 259 g/mol. The van der Waals surface area contributed by atoms with E-state index in [2.05, 4.69) is 9.97 Å². The third-order valence-corrected chi connectivity index (χ3v) is 3.55. The van der Waals surface area contributed by atoms with Crippen LogP contribution >= 0.6 is 0 Å². The van der Waals surface area contributed by atoms with Gasteiger partial charge in [0.15, 0.2) is 0 Å². The second-order valence-corrected chi connectivity index (χ2v) is 5.07. The maximum absolute atomic E-state index is 12.1. The highest BCUT2D eigenvalue weighted by molar-refractivity contribution is 5.81. The highest BCUT2D eigenvalue weighted by Gasteiger charge is 2.26. The molecule has 0 saturated heterocycles. The summed E-state index contributed by atoms with van der Waals surface area (Å²) in [7, 11) is 1.89. The number of aliphatic hydroxyl groups excluding tert-OH is 1. The molecule has 0 spiro atoms. The number of fused-ring (bicyclic) bond motifs is 1. The molecule has 2 aromatic rings. The van der Waals surface area contributed by atoms with Crippen LogP contribution in [0.5, 0.6) is 0 Å². The number of aromatic amines is 1. The molecule has 0 atom stereocenters. The zero-order valence-electron chi connectivity index (χ0n) is 10.9. The van der Waals surface area contributed by atoms with Gasteiger partial charge < -0.3 is 15.0 Å². The Hall–Kier alpha value is -1.88. The van der Waals surface area contributed by atoms with E-state index in [0.29, 0.717) is 17.8 Å². The van der Waals surface area contributed by atoms with Crippen molar-refractivity contribution in [3.8, 4) is 0 Å².